The van der Waals surface area contributed by atoms with Crippen molar-refractivity contribution in [2.24, 2.45) is 0 Å². The summed E-state index contributed by atoms with van der Waals surface area (Å²) in [6, 6.07) is 2.28. The largest absolute Gasteiger partial charge is 0.480 e. The number of nitrogens with zero attached hydrogens (tertiary/aromatic N) is 2. The molecule has 0 unspecified atom stereocenters. The third kappa shape index (κ3) is 7.29. The lowest BCUT2D eigenvalue weighted by Crippen LogP contribution is -2.40. The van der Waals surface area contributed by atoms with E-state index >= 15 is 0 Å². The van der Waals surface area contributed by atoms with Gasteiger partial charge in [-0.25, -0.2) is 18.9 Å². The molecule has 248 valence electrons. The third-order valence-electron chi connectivity index (χ3n) is 9.10. The number of unbranched alkanes of at least 4 members (excludes halogenated alkanes) is 2. The number of aryl methyl sites for hydroxylation is 1. The predicted molar refractivity (Wildman–Crippen MR) is 171 cm³/mol. The molecule has 1 saturated carbocycles. The van der Waals surface area contributed by atoms with Gasteiger partial charge in [-0.15, -0.1) is 0 Å². The second-order valence-electron chi connectivity index (χ2n) is 12.3. The minimum Gasteiger partial charge on any atom is -0.480 e. The molecule has 4 aliphatic rings. The molecule has 1 N–H and O–H groups in total. The van der Waals surface area contributed by atoms with Gasteiger partial charge in [0.1, 0.15) is 11.6 Å². The fourth-order valence-electron chi connectivity index (χ4n) is 6.69. The molecule has 1 aromatic heterocycles. The normalized spacial score (nSPS) is 17.8. The summed E-state index contributed by atoms with van der Waals surface area (Å²) in [5, 5.41) is -0.0677. The van der Waals surface area contributed by atoms with Crippen LogP contribution in [0.25, 0.3) is 0 Å². The van der Waals surface area contributed by atoms with Crippen molar-refractivity contribution in [3.8, 4) is 5.75 Å². The Kier molecular flexibility index (Phi) is 11.1. The molecule has 2 amide bonds. The molecule has 0 atom stereocenters. The topological polar surface area (TPSA) is 128 Å². The summed E-state index contributed by atoms with van der Waals surface area (Å²) in [4.78, 5) is 65.2. The van der Waals surface area contributed by atoms with Gasteiger partial charge in [-0.05, 0) is 70.3 Å². The summed E-state index contributed by atoms with van der Waals surface area (Å²) in [5.41, 5.74) is 2.20. The second kappa shape index (κ2) is 15.2. The molecule has 1 aromatic carbocycles. The van der Waals surface area contributed by atoms with E-state index in [4.69, 9.17) is 21.1 Å². The van der Waals surface area contributed by atoms with Gasteiger partial charge in [0, 0.05) is 34.5 Å². The van der Waals surface area contributed by atoms with Crippen molar-refractivity contribution in [1.82, 2.24) is 9.55 Å². The molecule has 46 heavy (non-hydrogen) atoms. The van der Waals surface area contributed by atoms with Gasteiger partial charge >= 0.3 is 11.7 Å². The van der Waals surface area contributed by atoms with Gasteiger partial charge < -0.3 is 14.5 Å². The highest BCUT2D eigenvalue weighted by Gasteiger charge is 2.41. The van der Waals surface area contributed by atoms with Crippen LogP contribution in [0.15, 0.2) is 32.9 Å². The van der Waals surface area contributed by atoms with Crippen molar-refractivity contribution < 1.29 is 28.2 Å². The second-order valence-corrected chi connectivity index (χ2v) is 12.7. The van der Waals surface area contributed by atoms with Crippen molar-refractivity contribution in [2.75, 3.05) is 18.1 Å². The number of hydrogen-bond acceptors (Lipinski definition) is 7. The summed E-state index contributed by atoms with van der Waals surface area (Å²) >= 11 is 6.02. The Labute approximate surface area is 271 Å². The van der Waals surface area contributed by atoms with Crippen LogP contribution in [-0.4, -0.2) is 40.5 Å². The highest BCUT2D eigenvalue weighted by molar-refractivity contribution is 6.34. The van der Waals surface area contributed by atoms with E-state index in [9.17, 15) is 28.4 Å². The molecule has 1 fully saturated rings. The first kappa shape index (κ1) is 33.6. The number of ether oxygens (including phenoxy) is 2. The number of imide groups is 1. The number of halogens is 2. The average Bonchev–Trinajstić information content (AvgIpc) is 3.62. The summed E-state index contributed by atoms with van der Waals surface area (Å²) in [5.74, 6) is -2.40. The fraction of sp³-hybridized carbons (Fsp3) is 0.559. The van der Waals surface area contributed by atoms with Crippen LogP contribution in [0.1, 0.15) is 108 Å². The minimum atomic E-state index is -0.814. The van der Waals surface area contributed by atoms with Crippen molar-refractivity contribution in [3.63, 3.8) is 0 Å². The highest BCUT2D eigenvalue weighted by Crippen LogP contribution is 2.39. The zero-order chi connectivity index (χ0) is 32.8. The maximum atomic E-state index is 14.5. The Bertz CT molecular complexity index is 1610. The van der Waals surface area contributed by atoms with E-state index in [1.165, 1.54) is 17.1 Å². The molecule has 2 heterocycles. The van der Waals surface area contributed by atoms with Crippen LogP contribution in [0.4, 0.5) is 10.1 Å². The number of rotatable bonds is 9. The highest BCUT2D eigenvalue weighted by atomic mass is 35.5. The summed E-state index contributed by atoms with van der Waals surface area (Å²) in [6.07, 6.45) is 13.5. The van der Waals surface area contributed by atoms with Gasteiger partial charge in [0.25, 0.3) is 17.4 Å². The molecular weight excluding hydrogens is 617 g/mol. The van der Waals surface area contributed by atoms with E-state index in [1.54, 1.807) is 0 Å². The van der Waals surface area contributed by atoms with Crippen molar-refractivity contribution in [1.29, 1.82) is 0 Å². The van der Waals surface area contributed by atoms with Gasteiger partial charge in [0.2, 0.25) is 0 Å². The van der Waals surface area contributed by atoms with E-state index in [1.807, 2.05) is 6.92 Å². The third-order valence-corrected chi connectivity index (χ3v) is 9.40. The van der Waals surface area contributed by atoms with Crippen LogP contribution < -0.4 is 20.9 Å². The van der Waals surface area contributed by atoms with Crippen molar-refractivity contribution in [3.05, 3.63) is 66.2 Å². The van der Waals surface area contributed by atoms with E-state index < -0.39 is 30.2 Å². The SMILES string of the molecule is CCCCCOC(=O)COc1cc(N2C(=O)C3=C(CCCC3)C2=O)c(F)cc1Cl.O=c1[nH]c2c(c(=O)n1C1CCCCC1)CCC2. The fourth-order valence-corrected chi connectivity index (χ4v) is 6.90. The van der Waals surface area contributed by atoms with Crippen LogP contribution >= 0.6 is 11.6 Å². The molecule has 2 aromatic rings. The Balaban J connectivity index is 0.000000207. The van der Waals surface area contributed by atoms with E-state index in [2.05, 4.69) is 4.98 Å². The summed E-state index contributed by atoms with van der Waals surface area (Å²) < 4.78 is 26.5. The Morgan fingerprint density at radius 2 is 1.63 bits per heavy atom. The smallest absolute Gasteiger partial charge is 0.344 e. The lowest BCUT2D eigenvalue weighted by molar-refractivity contribution is -0.146. The molecular formula is C34H41ClFN3O7. The number of benzene rings is 1. The molecule has 0 spiro atoms. The van der Waals surface area contributed by atoms with E-state index in [0.29, 0.717) is 30.6 Å². The Hall–Kier alpha value is -3.73. The van der Waals surface area contributed by atoms with Crippen LogP contribution in [-0.2, 0) is 32.0 Å². The first-order chi connectivity index (χ1) is 22.2. The molecule has 0 bridgehead atoms. The van der Waals surface area contributed by atoms with Gasteiger partial charge in [0.15, 0.2) is 6.61 Å². The lowest BCUT2D eigenvalue weighted by atomic mass is 9.93. The van der Waals surface area contributed by atoms with Crippen LogP contribution in [0.3, 0.4) is 0 Å². The number of fused-ring (bicyclic) bond motifs is 1. The van der Waals surface area contributed by atoms with Gasteiger partial charge in [-0.1, -0.05) is 50.6 Å². The number of esters is 1. The number of amides is 2. The molecule has 0 saturated heterocycles. The Morgan fingerprint density at radius 3 is 2.30 bits per heavy atom. The summed E-state index contributed by atoms with van der Waals surface area (Å²) in [7, 11) is 0. The molecule has 1 aliphatic heterocycles. The maximum absolute atomic E-state index is 14.5. The molecule has 0 radical (unpaired) electrons. The number of anilines is 1. The predicted octanol–water partition coefficient (Wildman–Crippen LogP) is 5.87. The Morgan fingerprint density at radius 1 is 0.935 bits per heavy atom. The monoisotopic (exact) mass is 657 g/mol. The molecule has 6 rings (SSSR count). The zero-order valence-electron chi connectivity index (χ0n) is 26.3. The quantitative estimate of drug-likeness (QED) is 0.203. The van der Waals surface area contributed by atoms with Crippen LogP contribution in [0.2, 0.25) is 5.02 Å². The number of aromatic amines is 1. The van der Waals surface area contributed by atoms with Crippen molar-refractivity contribution in [2.45, 2.75) is 109 Å². The number of H-pyrrole nitrogens is 1. The molecule has 12 heteroatoms. The minimum absolute atomic E-state index is 0.000883. The molecule has 10 nitrogen and oxygen atoms in total. The van der Waals surface area contributed by atoms with E-state index in [0.717, 1.165) is 99.3 Å². The number of carbonyl (C=O) groups is 3. The van der Waals surface area contributed by atoms with E-state index in [-0.39, 0.29) is 33.8 Å². The zero-order valence-corrected chi connectivity index (χ0v) is 27.0. The maximum Gasteiger partial charge on any atom is 0.344 e. The van der Waals surface area contributed by atoms with Gasteiger partial charge in [-0.3, -0.25) is 19.0 Å². The summed E-state index contributed by atoms with van der Waals surface area (Å²) in [6.45, 7) is 1.93. The van der Waals surface area contributed by atoms with Crippen LogP contribution in [0, 0.1) is 5.82 Å². The lowest BCUT2D eigenvalue weighted by Gasteiger charge is -2.23. The number of carbonyl (C=O) groups excluding carboxylic acids is 3. The van der Waals surface area contributed by atoms with Gasteiger partial charge in [-0.2, -0.15) is 0 Å². The number of nitrogens with one attached hydrogen (secondary N) is 1. The first-order valence-corrected chi connectivity index (χ1v) is 16.8. The number of aromatic nitrogens is 2. The molecule has 3 aliphatic carbocycles. The number of hydrogen-bond donors (Lipinski definition) is 1. The van der Waals surface area contributed by atoms with Crippen LogP contribution in [0.5, 0.6) is 5.75 Å². The van der Waals surface area contributed by atoms with Crippen molar-refractivity contribution >= 4 is 35.1 Å². The van der Waals surface area contributed by atoms with Gasteiger partial charge in [0.05, 0.1) is 17.3 Å². The average molecular weight is 658 g/mol. The first-order valence-electron chi connectivity index (χ1n) is 16.5. The standard InChI is InChI=1S/C21H23ClFNO5.C13H18N2O2/c1-2-3-6-9-28-19(25)12-29-18-11-17(16(23)10-15(18)22)24-20(26)13-7-4-5-8-14(13)21(24)27;16-12-10-7-4-8-11(10)14-13(17)15(12)9-5-2-1-3-6-9/h10-11H,2-9,12H2,1H3;9H,1-8H2,(H,14,17).